The molecule has 1 saturated heterocycles. The fraction of sp³-hybridized carbons (Fsp3) is 0.333. The Hall–Kier alpha value is -2.68. The number of hydrogen-bond acceptors (Lipinski definition) is 7. The lowest BCUT2D eigenvalue weighted by Crippen LogP contribution is -2.50. The molecule has 0 atom stereocenters. The second-order valence-corrected chi connectivity index (χ2v) is 7.83. The molecule has 4 rings (SSSR count). The number of aliphatic hydroxyl groups excluding tert-OH is 1. The number of hydrogen-bond donors (Lipinski definition) is 1. The van der Waals surface area contributed by atoms with Gasteiger partial charge in [-0.25, -0.2) is 0 Å². The number of aliphatic hydroxyl groups is 1. The Balaban J connectivity index is 1.34. The van der Waals surface area contributed by atoms with Gasteiger partial charge in [0.15, 0.2) is 12.4 Å². The molecule has 0 unspecified atom stereocenters. The van der Waals surface area contributed by atoms with Crippen molar-refractivity contribution in [1.82, 2.24) is 9.80 Å². The number of allylic oxidation sites excluding steroid dienone is 1. The number of amides is 1. The Morgan fingerprint density at radius 1 is 1.24 bits per heavy atom. The minimum atomic E-state index is -0.156. The molecule has 0 bridgehead atoms. The van der Waals surface area contributed by atoms with Crippen molar-refractivity contribution in [1.29, 1.82) is 0 Å². The van der Waals surface area contributed by atoms with Crippen LogP contribution in [0.3, 0.4) is 0 Å². The molecule has 152 valence electrons. The first-order valence-electron chi connectivity index (χ1n) is 9.49. The number of nitrogens with zero attached hydrogens (tertiary/aromatic N) is 2. The summed E-state index contributed by atoms with van der Waals surface area (Å²) < 4.78 is 11.4. The van der Waals surface area contributed by atoms with Gasteiger partial charge in [0.05, 0.1) is 12.2 Å². The van der Waals surface area contributed by atoms with E-state index in [0.717, 1.165) is 18.0 Å². The number of β-amino-alcohol motifs (C(OH)–C–C–N with tert-alkyl or cyclic N) is 1. The van der Waals surface area contributed by atoms with Gasteiger partial charge in [-0.3, -0.25) is 14.5 Å². The van der Waals surface area contributed by atoms with Gasteiger partial charge in [-0.1, -0.05) is 6.07 Å². The first kappa shape index (κ1) is 19.6. The third-order valence-corrected chi connectivity index (χ3v) is 5.78. The Morgan fingerprint density at radius 2 is 2.07 bits per heavy atom. The van der Waals surface area contributed by atoms with Crippen molar-refractivity contribution in [2.75, 3.05) is 45.9 Å². The number of benzene rings is 1. The predicted molar refractivity (Wildman–Crippen MR) is 109 cm³/mol. The zero-order chi connectivity index (χ0) is 20.2. The van der Waals surface area contributed by atoms with Gasteiger partial charge in [-0.15, -0.1) is 11.3 Å². The molecule has 2 aromatic rings. The van der Waals surface area contributed by atoms with E-state index in [-0.39, 0.29) is 30.7 Å². The van der Waals surface area contributed by atoms with Crippen LogP contribution in [0.15, 0.2) is 41.5 Å². The fourth-order valence-corrected chi connectivity index (χ4v) is 4.00. The van der Waals surface area contributed by atoms with Gasteiger partial charge in [-0.05, 0) is 23.6 Å². The molecule has 0 radical (unpaired) electrons. The van der Waals surface area contributed by atoms with Crippen molar-refractivity contribution >= 4 is 29.1 Å². The molecule has 1 aromatic carbocycles. The molecule has 2 aliphatic rings. The number of thiophene rings is 1. The normalized spacial score (nSPS) is 18.0. The van der Waals surface area contributed by atoms with Crippen LogP contribution >= 0.6 is 11.3 Å². The highest BCUT2D eigenvalue weighted by Gasteiger charge is 2.28. The maximum absolute atomic E-state index is 12.5. The molecule has 29 heavy (non-hydrogen) atoms. The Labute approximate surface area is 172 Å². The monoisotopic (exact) mass is 414 g/mol. The van der Waals surface area contributed by atoms with Gasteiger partial charge in [0.2, 0.25) is 5.78 Å². The zero-order valence-electron chi connectivity index (χ0n) is 15.9. The van der Waals surface area contributed by atoms with E-state index in [1.165, 1.54) is 11.3 Å². The topological polar surface area (TPSA) is 79.3 Å². The number of carbonyl (C=O) groups is 2. The summed E-state index contributed by atoms with van der Waals surface area (Å²) in [7, 11) is 0. The number of rotatable bonds is 6. The molecule has 1 N–H and O–H groups in total. The maximum atomic E-state index is 12.5. The minimum absolute atomic E-state index is 0.0649. The van der Waals surface area contributed by atoms with Crippen LogP contribution in [0.2, 0.25) is 0 Å². The minimum Gasteiger partial charge on any atom is -0.484 e. The molecule has 8 heteroatoms. The molecule has 1 fully saturated rings. The second-order valence-electron chi connectivity index (χ2n) is 6.85. The standard InChI is InChI=1S/C21H22N2O5S/c24-10-9-22-5-7-23(8-6-22)20(25)14-27-15-3-4-17-18(12-15)28-19(21(17)26)13-16-2-1-11-29-16/h1-4,11-13,24H,5-10,14H2. The van der Waals surface area contributed by atoms with Crippen LogP contribution in [0.5, 0.6) is 11.5 Å². The molecular weight excluding hydrogens is 392 g/mol. The van der Waals surface area contributed by atoms with Gasteiger partial charge in [0.1, 0.15) is 11.5 Å². The average molecular weight is 414 g/mol. The summed E-state index contributed by atoms with van der Waals surface area (Å²) in [5.74, 6) is 0.985. The van der Waals surface area contributed by atoms with Crippen molar-refractivity contribution in [3.63, 3.8) is 0 Å². The zero-order valence-corrected chi connectivity index (χ0v) is 16.7. The summed E-state index contributed by atoms with van der Waals surface area (Å²) in [4.78, 5) is 29.7. The van der Waals surface area contributed by atoms with E-state index in [1.54, 1.807) is 29.2 Å². The fourth-order valence-electron chi connectivity index (χ4n) is 3.36. The largest absolute Gasteiger partial charge is 0.484 e. The van der Waals surface area contributed by atoms with E-state index in [2.05, 4.69) is 4.90 Å². The summed E-state index contributed by atoms with van der Waals surface area (Å²) in [5.41, 5.74) is 0.492. The van der Waals surface area contributed by atoms with Crippen molar-refractivity contribution in [3.8, 4) is 11.5 Å². The van der Waals surface area contributed by atoms with Crippen molar-refractivity contribution in [3.05, 3.63) is 51.9 Å². The number of ether oxygens (including phenoxy) is 2. The smallest absolute Gasteiger partial charge is 0.260 e. The summed E-state index contributed by atoms with van der Waals surface area (Å²) in [6.07, 6.45) is 1.73. The quantitative estimate of drug-likeness (QED) is 0.727. The van der Waals surface area contributed by atoms with Gasteiger partial charge >= 0.3 is 0 Å². The molecule has 0 saturated carbocycles. The van der Waals surface area contributed by atoms with Crippen LogP contribution in [-0.4, -0.2) is 72.5 Å². The van der Waals surface area contributed by atoms with E-state index in [4.69, 9.17) is 14.6 Å². The summed E-state index contributed by atoms with van der Waals surface area (Å²) in [5, 5.41) is 10.9. The summed E-state index contributed by atoms with van der Waals surface area (Å²) in [6.45, 7) is 3.45. The molecule has 3 heterocycles. The van der Waals surface area contributed by atoms with E-state index in [1.807, 2.05) is 17.5 Å². The highest BCUT2D eigenvalue weighted by atomic mass is 32.1. The van der Waals surface area contributed by atoms with Crippen LogP contribution in [0.4, 0.5) is 0 Å². The first-order chi connectivity index (χ1) is 14.1. The SMILES string of the molecule is O=C1C(=Cc2cccs2)Oc2cc(OCC(=O)N3CCN(CCO)CC3)ccc21. The number of ketones is 1. The lowest BCUT2D eigenvalue weighted by atomic mass is 10.1. The molecule has 1 amide bonds. The van der Waals surface area contributed by atoms with Gasteiger partial charge in [0, 0.05) is 49.7 Å². The third-order valence-electron chi connectivity index (χ3n) is 4.96. The van der Waals surface area contributed by atoms with Crippen molar-refractivity contribution < 1.29 is 24.2 Å². The summed E-state index contributed by atoms with van der Waals surface area (Å²) >= 11 is 1.53. The molecule has 0 aliphatic carbocycles. The Kier molecular flexibility index (Phi) is 5.94. The number of piperazine rings is 1. The lowest BCUT2D eigenvalue weighted by molar-refractivity contribution is -0.135. The van der Waals surface area contributed by atoms with E-state index in [0.29, 0.717) is 36.7 Å². The van der Waals surface area contributed by atoms with Crippen molar-refractivity contribution in [2.45, 2.75) is 0 Å². The molecule has 2 aliphatic heterocycles. The van der Waals surface area contributed by atoms with E-state index < -0.39 is 0 Å². The Bertz CT molecular complexity index is 917. The third kappa shape index (κ3) is 4.50. The molecular formula is C21H22N2O5S. The van der Waals surface area contributed by atoms with E-state index >= 15 is 0 Å². The number of carbonyl (C=O) groups excluding carboxylic acids is 2. The van der Waals surface area contributed by atoms with Gasteiger partial charge in [-0.2, -0.15) is 0 Å². The van der Waals surface area contributed by atoms with Gasteiger partial charge < -0.3 is 19.5 Å². The van der Waals surface area contributed by atoms with E-state index in [9.17, 15) is 9.59 Å². The second kappa shape index (κ2) is 8.77. The van der Waals surface area contributed by atoms with Crippen LogP contribution < -0.4 is 9.47 Å². The maximum Gasteiger partial charge on any atom is 0.260 e. The molecule has 0 spiro atoms. The first-order valence-corrected chi connectivity index (χ1v) is 10.4. The molecule has 1 aromatic heterocycles. The van der Waals surface area contributed by atoms with Crippen LogP contribution in [-0.2, 0) is 4.79 Å². The number of fused-ring (bicyclic) bond motifs is 1. The summed E-state index contributed by atoms with van der Waals surface area (Å²) in [6, 6.07) is 8.83. The van der Waals surface area contributed by atoms with Gasteiger partial charge in [0.25, 0.3) is 5.91 Å². The van der Waals surface area contributed by atoms with Crippen LogP contribution in [0, 0.1) is 0 Å². The lowest BCUT2D eigenvalue weighted by Gasteiger charge is -2.34. The highest BCUT2D eigenvalue weighted by molar-refractivity contribution is 7.10. The van der Waals surface area contributed by atoms with Crippen LogP contribution in [0.25, 0.3) is 6.08 Å². The Morgan fingerprint density at radius 3 is 2.79 bits per heavy atom. The predicted octanol–water partition coefficient (Wildman–Crippen LogP) is 1.88. The number of Topliss-reactive ketones (excluding diaryl/α,β-unsaturated/α-hetero) is 1. The highest BCUT2D eigenvalue weighted by Crippen LogP contribution is 2.35. The average Bonchev–Trinajstić information content (AvgIpc) is 3.35. The molecule has 7 nitrogen and oxygen atoms in total. The van der Waals surface area contributed by atoms with Crippen molar-refractivity contribution in [2.24, 2.45) is 0 Å². The van der Waals surface area contributed by atoms with Crippen LogP contribution in [0.1, 0.15) is 15.2 Å².